The lowest BCUT2D eigenvalue weighted by molar-refractivity contribution is -0.116. The van der Waals surface area contributed by atoms with E-state index in [1.807, 2.05) is 77.7 Å². The van der Waals surface area contributed by atoms with Gasteiger partial charge in [0, 0.05) is 24.2 Å². The number of carbonyl (C=O) groups excluding carboxylic acids is 1. The highest BCUT2D eigenvalue weighted by Crippen LogP contribution is 2.21. The van der Waals surface area contributed by atoms with Crippen molar-refractivity contribution in [3.8, 4) is 5.69 Å². The third kappa shape index (κ3) is 3.47. The number of pyridine rings is 1. The first-order valence-corrected chi connectivity index (χ1v) is 8.52. The molecule has 4 rings (SSSR count). The molecule has 0 bridgehead atoms. The van der Waals surface area contributed by atoms with Crippen molar-refractivity contribution in [2.24, 2.45) is 0 Å². The molecule has 0 fully saturated rings. The molecule has 0 aliphatic rings. The summed E-state index contributed by atoms with van der Waals surface area (Å²) in [7, 11) is 0. The monoisotopic (exact) mass is 342 g/mol. The van der Waals surface area contributed by atoms with Crippen LogP contribution in [0.3, 0.4) is 0 Å². The second kappa shape index (κ2) is 7.19. The standard InChI is InChI=1S/C21H18N4O/c26-21(24-20-10-4-9-19-18(20)8-5-13-22-19)12-11-16-14-23-25(15-16)17-6-2-1-3-7-17/h1-10,13-15H,11-12H2,(H,24,26). The van der Waals surface area contributed by atoms with Crippen molar-refractivity contribution >= 4 is 22.5 Å². The van der Waals surface area contributed by atoms with Gasteiger partial charge in [-0.25, -0.2) is 4.68 Å². The highest BCUT2D eigenvalue weighted by Gasteiger charge is 2.08. The van der Waals surface area contributed by atoms with E-state index in [2.05, 4.69) is 15.4 Å². The lowest BCUT2D eigenvalue weighted by atomic mass is 10.1. The first-order valence-electron chi connectivity index (χ1n) is 8.52. The van der Waals surface area contributed by atoms with E-state index < -0.39 is 0 Å². The Labute approximate surface area is 151 Å². The molecule has 2 heterocycles. The summed E-state index contributed by atoms with van der Waals surface area (Å²) in [5.74, 6) is -0.0196. The Hall–Kier alpha value is -3.47. The number of amides is 1. The summed E-state index contributed by atoms with van der Waals surface area (Å²) in [4.78, 5) is 16.7. The lowest BCUT2D eigenvalue weighted by Crippen LogP contribution is -2.12. The fourth-order valence-corrected chi connectivity index (χ4v) is 2.89. The molecule has 4 aromatic rings. The van der Waals surface area contributed by atoms with Gasteiger partial charge < -0.3 is 5.32 Å². The van der Waals surface area contributed by atoms with Gasteiger partial charge in [-0.1, -0.05) is 24.3 Å². The van der Waals surface area contributed by atoms with E-state index in [-0.39, 0.29) is 5.91 Å². The molecule has 26 heavy (non-hydrogen) atoms. The zero-order valence-corrected chi connectivity index (χ0v) is 14.2. The minimum absolute atomic E-state index is 0.0196. The number of benzene rings is 2. The predicted molar refractivity (Wildman–Crippen MR) is 102 cm³/mol. The number of hydrogen-bond acceptors (Lipinski definition) is 3. The van der Waals surface area contributed by atoms with Crippen LogP contribution in [0, 0.1) is 0 Å². The van der Waals surface area contributed by atoms with Crippen LogP contribution in [0.15, 0.2) is 79.3 Å². The minimum atomic E-state index is -0.0196. The maximum atomic E-state index is 12.3. The van der Waals surface area contributed by atoms with Gasteiger partial charge in [0.25, 0.3) is 0 Å². The largest absolute Gasteiger partial charge is 0.325 e. The van der Waals surface area contributed by atoms with Crippen LogP contribution in [0.1, 0.15) is 12.0 Å². The van der Waals surface area contributed by atoms with Crippen molar-refractivity contribution in [2.75, 3.05) is 5.32 Å². The van der Waals surface area contributed by atoms with Crippen LogP contribution in [0.25, 0.3) is 16.6 Å². The van der Waals surface area contributed by atoms with E-state index in [0.717, 1.165) is 27.8 Å². The lowest BCUT2D eigenvalue weighted by Gasteiger charge is -2.07. The SMILES string of the molecule is O=C(CCc1cnn(-c2ccccc2)c1)Nc1cccc2ncccc12. The zero-order chi connectivity index (χ0) is 17.8. The van der Waals surface area contributed by atoms with Crippen LogP contribution in [-0.4, -0.2) is 20.7 Å². The summed E-state index contributed by atoms with van der Waals surface area (Å²) in [6.07, 6.45) is 6.56. The normalized spacial score (nSPS) is 10.8. The molecule has 0 aliphatic carbocycles. The molecule has 2 aromatic carbocycles. The molecule has 128 valence electrons. The van der Waals surface area contributed by atoms with Crippen LogP contribution < -0.4 is 5.32 Å². The second-order valence-corrected chi connectivity index (χ2v) is 6.05. The summed E-state index contributed by atoms with van der Waals surface area (Å²) in [5.41, 5.74) is 3.70. The molecule has 0 unspecified atom stereocenters. The van der Waals surface area contributed by atoms with E-state index >= 15 is 0 Å². The molecular formula is C21H18N4O. The smallest absolute Gasteiger partial charge is 0.224 e. The average molecular weight is 342 g/mol. The zero-order valence-electron chi connectivity index (χ0n) is 14.2. The Morgan fingerprint density at radius 1 is 1.00 bits per heavy atom. The second-order valence-electron chi connectivity index (χ2n) is 6.05. The number of fused-ring (bicyclic) bond motifs is 1. The molecule has 5 heteroatoms. The molecule has 1 amide bonds. The molecule has 2 aromatic heterocycles. The summed E-state index contributed by atoms with van der Waals surface area (Å²) in [5, 5.41) is 8.30. The Kier molecular flexibility index (Phi) is 4.43. The van der Waals surface area contributed by atoms with E-state index in [0.29, 0.717) is 12.8 Å². The first-order chi connectivity index (χ1) is 12.8. The molecule has 0 radical (unpaired) electrons. The number of carbonyl (C=O) groups is 1. The minimum Gasteiger partial charge on any atom is -0.325 e. The fraction of sp³-hybridized carbons (Fsp3) is 0.0952. The van der Waals surface area contributed by atoms with Crippen molar-refractivity contribution < 1.29 is 4.79 Å². The third-order valence-corrected chi connectivity index (χ3v) is 4.22. The van der Waals surface area contributed by atoms with Gasteiger partial charge in [-0.2, -0.15) is 5.10 Å². The van der Waals surface area contributed by atoms with Crippen molar-refractivity contribution in [3.63, 3.8) is 0 Å². The highest BCUT2D eigenvalue weighted by atomic mass is 16.1. The summed E-state index contributed by atoms with van der Waals surface area (Å²) in [6, 6.07) is 19.5. The third-order valence-electron chi connectivity index (χ3n) is 4.22. The maximum absolute atomic E-state index is 12.3. The number of nitrogens with zero attached hydrogens (tertiary/aromatic N) is 3. The van der Waals surface area contributed by atoms with Gasteiger partial charge in [-0.15, -0.1) is 0 Å². The van der Waals surface area contributed by atoms with Crippen molar-refractivity contribution in [2.45, 2.75) is 12.8 Å². The summed E-state index contributed by atoms with van der Waals surface area (Å²) < 4.78 is 1.82. The Morgan fingerprint density at radius 2 is 1.88 bits per heavy atom. The molecule has 0 spiro atoms. The Balaban J connectivity index is 1.41. The first kappa shape index (κ1) is 16.0. The maximum Gasteiger partial charge on any atom is 0.224 e. The topological polar surface area (TPSA) is 59.8 Å². The van der Waals surface area contributed by atoms with Crippen LogP contribution >= 0.6 is 0 Å². The highest BCUT2D eigenvalue weighted by molar-refractivity contribution is 6.00. The summed E-state index contributed by atoms with van der Waals surface area (Å²) in [6.45, 7) is 0. The van der Waals surface area contributed by atoms with Gasteiger partial charge in [0.1, 0.15) is 0 Å². The van der Waals surface area contributed by atoms with Crippen LogP contribution in [-0.2, 0) is 11.2 Å². The predicted octanol–water partition coefficient (Wildman–Crippen LogP) is 3.99. The molecular weight excluding hydrogens is 324 g/mol. The molecule has 0 saturated carbocycles. The molecule has 1 N–H and O–H groups in total. The van der Waals surface area contributed by atoms with Gasteiger partial charge in [-0.05, 0) is 48.4 Å². The number of rotatable bonds is 5. The van der Waals surface area contributed by atoms with Gasteiger partial charge >= 0.3 is 0 Å². The molecule has 0 aliphatic heterocycles. The van der Waals surface area contributed by atoms with Gasteiger partial charge in [0.2, 0.25) is 5.91 Å². The Morgan fingerprint density at radius 3 is 2.77 bits per heavy atom. The van der Waals surface area contributed by atoms with Gasteiger partial charge in [0.05, 0.1) is 23.1 Å². The van der Waals surface area contributed by atoms with Crippen molar-refractivity contribution in [1.29, 1.82) is 0 Å². The quantitative estimate of drug-likeness (QED) is 0.596. The van der Waals surface area contributed by atoms with E-state index in [4.69, 9.17) is 0 Å². The number of hydrogen-bond donors (Lipinski definition) is 1. The van der Waals surface area contributed by atoms with Gasteiger partial charge in [-0.3, -0.25) is 9.78 Å². The number of para-hydroxylation sites is 1. The number of aromatic nitrogens is 3. The van der Waals surface area contributed by atoms with Gasteiger partial charge in [0.15, 0.2) is 0 Å². The van der Waals surface area contributed by atoms with E-state index in [1.165, 1.54) is 0 Å². The van der Waals surface area contributed by atoms with E-state index in [1.54, 1.807) is 6.20 Å². The van der Waals surface area contributed by atoms with Crippen molar-refractivity contribution in [3.05, 3.63) is 84.8 Å². The van der Waals surface area contributed by atoms with Crippen LogP contribution in [0.5, 0.6) is 0 Å². The Bertz CT molecular complexity index is 1030. The molecule has 0 atom stereocenters. The average Bonchev–Trinajstić information content (AvgIpc) is 3.17. The molecule has 5 nitrogen and oxygen atoms in total. The summed E-state index contributed by atoms with van der Waals surface area (Å²) >= 11 is 0. The molecule has 0 saturated heterocycles. The fourth-order valence-electron chi connectivity index (χ4n) is 2.89. The number of anilines is 1. The van der Waals surface area contributed by atoms with E-state index in [9.17, 15) is 4.79 Å². The number of aryl methyl sites for hydroxylation is 1. The van der Waals surface area contributed by atoms with Crippen molar-refractivity contribution in [1.82, 2.24) is 14.8 Å². The van der Waals surface area contributed by atoms with Crippen LogP contribution in [0.4, 0.5) is 5.69 Å². The number of nitrogens with one attached hydrogen (secondary N) is 1. The van der Waals surface area contributed by atoms with Crippen LogP contribution in [0.2, 0.25) is 0 Å².